The second-order valence-electron chi connectivity index (χ2n) is 5.06. The molecule has 1 atom stereocenters. The fraction of sp³-hybridized carbons (Fsp3) is 0.385. The van der Waals surface area contributed by atoms with Crippen molar-refractivity contribution in [3.63, 3.8) is 0 Å². The lowest BCUT2D eigenvalue weighted by Gasteiger charge is -2.19. The molecule has 2 aromatic heterocycles. The van der Waals surface area contributed by atoms with E-state index in [0.717, 1.165) is 41.9 Å². The molecule has 3 N–H and O–H groups in total. The summed E-state index contributed by atoms with van der Waals surface area (Å²) in [6.07, 6.45) is 4.57. The van der Waals surface area contributed by atoms with E-state index in [0.29, 0.717) is 0 Å². The molecule has 3 rings (SSSR count). The average Bonchev–Trinajstić information content (AvgIpc) is 2.94. The van der Waals surface area contributed by atoms with Gasteiger partial charge in [-0.05, 0) is 12.5 Å². The second kappa shape index (κ2) is 5.06. The molecule has 0 spiro atoms. The highest BCUT2D eigenvalue weighted by Gasteiger charge is 2.23. The van der Waals surface area contributed by atoms with Gasteiger partial charge in [0.1, 0.15) is 0 Å². The molecule has 1 amide bonds. The summed E-state index contributed by atoms with van der Waals surface area (Å²) in [6.45, 7) is 3.25. The van der Waals surface area contributed by atoms with Crippen molar-refractivity contribution in [2.24, 2.45) is 5.73 Å². The third-order valence-corrected chi connectivity index (χ3v) is 4.04. The predicted octanol–water partition coefficient (Wildman–Crippen LogP) is 1.69. The van der Waals surface area contributed by atoms with Gasteiger partial charge < -0.3 is 16.0 Å². The maximum atomic E-state index is 11.4. The molecule has 7 heteroatoms. The molecule has 0 bridgehead atoms. The quantitative estimate of drug-likeness (QED) is 0.874. The Hall–Kier alpha value is -1.60. The summed E-state index contributed by atoms with van der Waals surface area (Å²) in [6, 6.07) is 2.17. The van der Waals surface area contributed by atoms with Crippen molar-refractivity contribution in [1.29, 1.82) is 0 Å². The van der Waals surface area contributed by atoms with E-state index in [4.69, 9.17) is 5.73 Å². The van der Waals surface area contributed by atoms with E-state index in [1.807, 2.05) is 12.3 Å². The number of carbonyl (C=O) groups excluding carboxylic acids is 1. The standard InChI is InChI=1S/C13H16BrN5O/c1-8(20)17-10-7-19(14)13-12(10)11(2-4-16-13)18-5-3-9(15)6-18/h2,4,7,9H,3,5-6,15H2,1H3,(H,17,20)/t9-/m0/s1. The van der Waals surface area contributed by atoms with E-state index in [1.165, 1.54) is 6.92 Å². The average molecular weight is 338 g/mol. The molecule has 1 fully saturated rings. The fourth-order valence-corrected chi connectivity index (χ4v) is 3.13. The Kier molecular flexibility index (Phi) is 3.39. The fourth-order valence-electron chi connectivity index (χ4n) is 2.65. The largest absolute Gasteiger partial charge is 0.369 e. The summed E-state index contributed by atoms with van der Waals surface area (Å²) < 4.78 is 1.74. The highest BCUT2D eigenvalue weighted by molar-refractivity contribution is 9.08. The Labute approximate surface area is 125 Å². The second-order valence-corrected chi connectivity index (χ2v) is 5.82. The number of hydrogen-bond acceptors (Lipinski definition) is 4. The number of fused-ring (bicyclic) bond motifs is 1. The third kappa shape index (κ3) is 2.27. The molecular weight excluding hydrogens is 322 g/mol. The van der Waals surface area contributed by atoms with Crippen LogP contribution >= 0.6 is 16.1 Å². The van der Waals surface area contributed by atoms with Gasteiger partial charge in [-0.15, -0.1) is 0 Å². The SMILES string of the molecule is CC(=O)Nc1cn(Br)c2nccc(N3CC[C@H](N)C3)c12. The van der Waals surface area contributed by atoms with Crippen LogP contribution in [-0.4, -0.2) is 33.6 Å². The lowest BCUT2D eigenvalue weighted by Crippen LogP contribution is -2.26. The smallest absolute Gasteiger partial charge is 0.221 e. The number of hydrogen-bond donors (Lipinski definition) is 2. The molecular formula is C13H16BrN5O. The van der Waals surface area contributed by atoms with Crippen molar-refractivity contribution < 1.29 is 4.79 Å². The monoisotopic (exact) mass is 337 g/mol. The molecule has 3 heterocycles. The van der Waals surface area contributed by atoms with E-state index in [-0.39, 0.29) is 11.9 Å². The summed E-state index contributed by atoms with van der Waals surface area (Å²) in [5, 5.41) is 3.79. The Morgan fingerprint density at radius 1 is 1.60 bits per heavy atom. The number of anilines is 2. The first-order chi connectivity index (χ1) is 9.56. The predicted molar refractivity (Wildman–Crippen MR) is 83.2 cm³/mol. The van der Waals surface area contributed by atoms with Crippen LogP contribution in [0.25, 0.3) is 11.0 Å². The number of aromatic nitrogens is 2. The Morgan fingerprint density at radius 2 is 2.40 bits per heavy atom. The number of carbonyl (C=O) groups is 1. The van der Waals surface area contributed by atoms with E-state index in [2.05, 4.69) is 31.3 Å². The van der Waals surface area contributed by atoms with Gasteiger partial charge in [0.25, 0.3) is 0 Å². The Bertz CT molecular complexity index is 668. The zero-order chi connectivity index (χ0) is 14.3. The number of nitrogens with two attached hydrogens (primary N) is 1. The van der Waals surface area contributed by atoms with Crippen LogP contribution in [0.5, 0.6) is 0 Å². The molecule has 1 saturated heterocycles. The molecule has 20 heavy (non-hydrogen) atoms. The molecule has 0 saturated carbocycles. The van der Waals surface area contributed by atoms with Crippen molar-refractivity contribution in [3.05, 3.63) is 18.5 Å². The number of nitrogens with zero attached hydrogens (tertiary/aromatic N) is 3. The first-order valence-corrected chi connectivity index (χ1v) is 7.21. The summed E-state index contributed by atoms with van der Waals surface area (Å²) >= 11 is 3.42. The van der Waals surface area contributed by atoms with Crippen molar-refractivity contribution in [2.75, 3.05) is 23.3 Å². The van der Waals surface area contributed by atoms with Crippen LogP contribution in [0.15, 0.2) is 18.5 Å². The maximum Gasteiger partial charge on any atom is 0.221 e. The van der Waals surface area contributed by atoms with Gasteiger partial charge in [-0.25, -0.2) is 4.98 Å². The normalized spacial score (nSPS) is 18.8. The molecule has 2 aromatic rings. The highest BCUT2D eigenvalue weighted by Crippen LogP contribution is 2.35. The molecule has 1 aliphatic heterocycles. The Morgan fingerprint density at radius 3 is 3.05 bits per heavy atom. The van der Waals surface area contributed by atoms with Crippen LogP contribution in [0.3, 0.4) is 0 Å². The van der Waals surface area contributed by atoms with Gasteiger partial charge >= 0.3 is 0 Å². The molecule has 6 nitrogen and oxygen atoms in total. The maximum absolute atomic E-state index is 11.4. The van der Waals surface area contributed by atoms with Crippen LogP contribution in [0.2, 0.25) is 0 Å². The molecule has 106 valence electrons. The number of amides is 1. The summed E-state index contributed by atoms with van der Waals surface area (Å²) in [5.41, 5.74) is 8.59. The topological polar surface area (TPSA) is 76.2 Å². The first-order valence-electron chi connectivity index (χ1n) is 6.50. The van der Waals surface area contributed by atoms with E-state index in [9.17, 15) is 4.79 Å². The zero-order valence-corrected chi connectivity index (χ0v) is 12.7. The minimum atomic E-state index is -0.0991. The van der Waals surface area contributed by atoms with Crippen molar-refractivity contribution >= 4 is 44.5 Å². The number of rotatable bonds is 2. The van der Waals surface area contributed by atoms with Crippen LogP contribution in [0.4, 0.5) is 11.4 Å². The first kappa shape index (κ1) is 13.4. The van der Waals surface area contributed by atoms with Crippen LogP contribution in [0, 0.1) is 0 Å². The summed E-state index contributed by atoms with van der Waals surface area (Å²) in [7, 11) is 0. The van der Waals surface area contributed by atoms with Gasteiger partial charge in [-0.2, -0.15) is 0 Å². The lowest BCUT2D eigenvalue weighted by atomic mass is 10.2. The van der Waals surface area contributed by atoms with Gasteiger partial charge in [-0.1, -0.05) is 0 Å². The van der Waals surface area contributed by atoms with Gasteiger partial charge in [0.05, 0.1) is 32.9 Å². The van der Waals surface area contributed by atoms with Crippen LogP contribution in [-0.2, 0) is 4.79 Å². The van der Waals surface area contributed by atoms with Gasteiger partial charge in [0, 0.05) is 38.4 Å². The van der Waals surface area contributed by atoms with Gasteiger partial charge in [0.2, 0.25) is 5.91 Å². The Balaban J connectivity index is 2.14. The molecule has 0 radical (unpaired) electrons. The van der Waals surface area contributed by atoms with Crippen LogP contribution < -0.4 is 16.0 Å². The van der Waals surface area contributed by atoms with Gasteiger partial charge in [0.15, 0.2) is 5.65 Å². The lowest BCUT2D eigenvalue weighted by molar-refractivity contribution is -0.114. The minimum Gasteiger partial charge on any atom is -0.369 e. The van der Waals surface area contributed by atoms with Crippen molar-refractivity contribution in [1.82, 2.24) is 8.58 Å². The minimum absolute atomic E-state index is 0.0991. The molecule has 0 aliphatic carbocycles. The molecule has 1 aliphatic rings. The van der Waals surface area contributed by atoms with Crippen molar-refractivity contribution in [2.45, 2.75) is 19.4 Å². The summed E-state index contributed by atoms with van der Waals surface area (Å²) in [4.78, 5) is 18.0. The van der Waals surface area contributed by atoms with Crippen molar-refractivity contribution in [3.8, 4) is 0 Å². The van der Waals surface area contributed by atoms with E-state index in [1.54, 1.807) is 9.79 Å². The molecule has 0 aromatic carbocycles. The highest BCUT2D eigenvalue weighted by atomic mass is 79.9. The van der Waals surface area contributed by atoms with Crippen LogP contribution in [0.1, 0.15) is 13.3 Å². The number of nitrogens with one attached hydrogen (secondary N) is 1. The number of halogens is 1. The summed E-state index contributed by atoms with van der Waals surface area (Å²) in [5.74, 6) is -0.0991. The molecule has 0 unspecified atom stereocenters. The zero-order valence-electron chi connectivity index (χ0n) is 11.1. The third-order valence-electron chi connectivity index (χ3n) is 3.50. The van der Waals surface area contributed by atoms with E-state index < -0.39 is 0 Å². The van der Waals surface area contributed by atoms with E-state index >= 15 is 0 Å². The number of pyridine rings is 1. The van der Waals surface area contributed by atoms with Gasteiger partial charge in [-0.3, -0.25) is 8.39 Å².